The first-order chi connectivity index (χ1) is 9.63. The number of carbonyl (C=O) groups is 1. The van der Waals surface area contributed by atoms with Crippen molar-refractivity contribution in [2.45, 2.75) is 29.9 Å². The Labute approximate surface area is 127 Å². The van der Waals surface area contributed by atoms with Gasteiger partial charge in [0.05, 0.1) is 5.37 Å². The third kappa shape index (κ3) is 5.89. The smallest absolute Gasteiger partial charge is 0.402 e. The van der Waals surface area contributed by atoms with Crippen LogP contribution in [0.2, 0.25) is 0 Å². The summed E-state index contributed by atoms with van der Waals surface area (Å²) in [5, 5.41) is -4.87. The lowest BCUT2D eigenvalue weighted by atomic mass is 10.1. The van der Waals surface area contributed by atoms with E-state index in [1.165, 1.54) is 6.08 Å². The summed E-state index contributed by atoms with van der Waals surface area (Å²) in [5.41, 5.74) is 0. The summed E-state index contributed by atoms with van der Waals surface area (Å²) in [6.07, 6.45) is 5.47. The van der Waals surface area contributed by atoms with Gasteiger partial charge < -0.3 is 4.74 Å². The van der Waals surface area contributed by atoms with Crippen LogP contribution in [0.15, 0.2) is 12.2 Å². The Morgan fingerprint density at radius 2 is 1.95 bits per heavy atom. The molecular formula is C11H17F2NO5S2. The summed E-state index contributed by atoms with van der Waals surface area (Å²) < 4.78 is 58.6. The molecule has 0 radical (unpaired) electrons. The Kier molecular flexibility index (Phi) is 6.57. The van der Waals surface area contributed by atoms with Crippen LogP contribution in [0.3, 0.4) is 0 Å². The van der Waals surface area contributed by atoms with E-state index >= 15 is 0 Å². The van der Waals surface area contributed by atoms with Crippen LogP contribution in [0, 0.1) is 0 Å². The number of rotatable bonds is 6. The first kappa shape index (κ1) is 18.3. The lowest BCUT2D eigenvalue weighted by molar-refractivity contribution is -0.143. The number of thiol groups is 1. The molecular weight excluding hydrogens is 328 g/mol. The van der Waals surface area contributed by atoms with Crippen molar-refractivity contribution in [2.75, 3.05) is 19.7 Å². The fraction of sp³-hybridized carbons (Fsp3) is 0.727. The number of alkyl halides is 2. The molecule has 122 valence electrons. The molecule has 0 saturated carbocycles. The van der Waals surface area contributed by atoms with Gasteiger partial charge in [0.2, 0.25) is 0 Å². The van der Waals surface area contributed by atoms with E-state index in [1.54, 1.807) is 0 Å². The second kappa shape index (κ2) is 7.52. The Hall–Kier alpha value is -0.710. The van der Waals surface area contributed by atoms with Crippen LogP contribution in [-0.4, -0.2) is 54.2 Å². The van der Waals surface area contributed by atoms with Gasteiger partial charge in [0.1, 0.15) is 0 Å². The highest BCUT2D eigenvalue weighted by molar-refractivity contribution is 7.86. The van der Waals surface area contributed by atoms with Crippen LogP contribution in [0.4, 0.5) is 8.78 Å². The molecule has 1 rings (SSSR count). The molecule has 1 atom stereocenters. The molecule has 0 aromatic carbocycles. The van der Waals surface area contributed by atoms with Crippen molar-refractivity contribution >= 4 is 28.7 Å². The van der Waals surface area contributed by atoms with Crippen molar-refractivity contribution < 1.29 is 31.3 Å². The predicted molar refractivity (Wildman–Crippen MR) is 74.8 cm³/mol. The van der Waals surface area contributed by atoms with Crippen LogP contribution >= 0.6 is 12.6 Å². The first-order valence-corrected chi connectivity index (χ1v) is 8.21. The van der Waals surface area contributed by atoms with Gasteiger partial charge in [0.15, 0.2) is 6.61 Å². The first-order valence-electron chi connectivity index (χ1n) is 6.25. The van der Waals surface area contributed by atoms with E-state index in [0.29, 0.717) is 0 Å². The van der Waals surface area contributed by atoms with Crippen molar-refractivity contribution in [3.8, 4) is 0 Å². The Morgan fingerprint density at radius 1 is 1.38 bits per heavy atom. The molecule has 1 unspecified atom stereocenters. The van der Waals surface area contributed by atoms with Gasteiger partial charge >= 0.3 is 21.3 Å². The van der Waals surface area contributed by atoms with Gasteiger partial charge in [-0.05, 0) is 25.9 Å². The van der Waals surface area contributed by atoms with Crippen molar-refractivity contribution in [3.05, 3.63) is 12.2 Å². The molecule has 0 amide bonds. The van der Waals surface area contributed by atoms with Crippen molar-refractivity contribution in [3.63, 3.8) is 0 Å². The summed E-state index contributed by atoms with van der Waals surface area (Å²) in [6, 6.07) is 0. The van der Waals surface area contributed by atoms with Gasteiger partial charge in [0.25, 0.3) is 0 Å². The molecule has 1 aliphatic heterocycles. The molecule has 0 aromatic rings. The van der Waals surface area contributed by atoms with E-state index in [-0.39, 0.29) is 5.37 Å². The number of hydrogen-bond acceptors (Lipinski definition) is 6. The minimum absolute atomic E-state index is 0.347. The standard InChI is InChI=1S/C11H17F2NO5S2/c12-11(13,21(16,17)18)8-19-10(15)5-4-9(20)14-6-2-1-3-7-14/h4-5,9,20H,1-3,6-8H2,(H,16,17,18)/b5-4-. The molecule has 0 spiro atoms. The van der Waals surface area contributed by atoms with Gasteiger partial charge in [-0.1, -0.05) is 12.5 Å². The highest BCUT2D eigenvalue weighted by Gasteiger charge is 2.45. The van der Waals surface area contributed by atoms with E-state index < -0.39 is 27.9 Å². The molecule has 6 nitrogen and oxygen atoms in total. The minimum atomic E-state index is -5.60. The van der Waals surface area contributed by atoms with Gasteiger partial charge in [0, 0.05) is 6.08 Å². The molecule has 21 heavy (non-hydrogen) atoms. The van der Waals surface area contributed by atoms with Crippen LogP contribution in [0.5, 0.6) is 0 Å². The maximum atomic E-state index is 12.8. The van der Waals surface area contributed by atoms with Crippen molar-refractivity contribution in [2.24, 2.45) is 0 Å². The largest absolute Gasteiger partial charge is 0.455 e. The third-order valence-electron chi connectivity index (χ3n) is 2.93. The van der Waals surface area contributed by atoms with E-state index in [1.807, 2.05) is 4.90 Å². The highest BCUT2D eigenvalue weighted by atomic mass is 32.2. The molecule has 1 saturated heterocycles. The van der Waals surface area contributed by atoms with Crippen LogP contribution in [0.25, 0.3) is 0 Å². The summed E-state index contributed by atoms with van der Waals surface area (Å²) >= 11 is 4.27. The number of carbonyl (C=O) groups excluding carboxylic acids is 1. The van der Waals surface area contributed by atoms with Gasteiger partial charge in [-0.15, -0.1) is 0 Å². The predicted octanol–water partition coefficient (Wildman–Crippen LogP) is 1.31. The summed E-state index contributed by atoms with van der Waals surface area (Å²) in [5.74, 6) is -1.13. The number of halogens is 2. The quantitative estimate of drug-likeness (QED) is 0.327. The monoisotopic (exact) mass is 345 g/mol. The second-order valence-corrected chi connectivity index (χ2v) is 6.67. The zero-order chi connectivity index (χ0) is 16.1. The van der Waals surface area contributed by atoms with E-state index in [4.69, 9.17) is 4.55 Å². The van der Waals surface area contributed by atoms with E-state index in [0.717, 1.165) is 38.4 Å². The summed E-state index contributed by atoms with van der Waals surface area (Å²) in [4.78, 5) is 13.2. The minimum Gasteiger partial charge on any atom is -0.455 e. The number of hydrogen-bond donors (Lipinski definition) is 2. The number of likely N-dealkylation sites (tertiary alicyclic amines) is 1. The van der Waals surface area contributed by atoms with Crippen LogP contribution in [0.1, 0.15) is 19.3 Å². The fourth-order valence-corrected chi connectivity index (χ4v) is 2.27. The van der Waals surface area contributed by atoms with Gasteiger partial charge in [-0.25, -0.2) is 4.79 Å². The molecule has 0 aromatic heterocycles. The molecule has 1 heterocycles. The Bertz CT molecular complexity index is 489. The van der Waals surface area contributed by atoms with Gasteiger partial charge in [-0.2, -0.15) is 29.8 Å². The fourth-order valence-electron chi connectivity index (χ4n) is 1.75. The normalized spacial score (nSPS) is 19.6. The highest BCUT2D eigenvalue weighted by Crippen LogP contribution is 2.20. The molecule has 0 bridgehead atoms. The maximum absolute atomic E-state index is 12.8. The van der Waals surface area contributed by atoms with Gasteiger partial charge in [-0.3, -0.25) is 9.45 Å². The lowest BCUT2D eigenvalue weighted by Gasteiger charge is -2.29. The van der Waals surface area contributed by atoms with Crippen LogP contribution in [-0.2, 0) is 19.6 Å². The van der Waals surface area contributed by atoms with Crippen molar-refractivity contribution in [1.82, 2.24) is 4.90 Å². The SMILES string of the molecule is O=C(/C=C\C(S)N1CCCCC1)OCC(F)(F)S(=O)(=O)O. The average Bonchev–Trinajstić information content (AvgIpc) is 2.42. The molecule has 1 fully saturated rings. The zero-order valence-electron chi connectivity index (χ0n) is 11.1. The topological polar surface area (TPSA) is 83.9 Å². The number of piperidine rings is 1. The Morgan fingerprint density at radius 3 is 2.48 bits per heavy atom. The number of ether oxygens (including phenoxy) is 1. The Balaban J connectivity index is 2.44. The van der Waals surface area contributed by atoms with Crippen LogP contribution < -0.4 is 0 Å². The number of esters is 1. The third-order valence-corrected chi connectivity index (χ3v) is 4.30. The van der Waals surface area contributed by atoms with E-state index in [2.05, 4.69) is 17.4 Å². The van der Waals surface area contributed by atoms with Crippen molar-refractivity contribution in [1.29, 1.82) is 0 Å². The summed E-state index contributed by atoms with van der Waals surface area (Å²) in [6.45, 7) is -0.0846. The average molecular weight is 345 g/mol. The molecule has 1 aliphatic rings. The lowest BCUT2D eigenvalue weighted by Crippen LogP contribution is -2.35. The zero-order valence-corrected chi connectivity index (χ0v) is 12.8. The number of nitrogens with zero attached hydrogens (tertiary/aromatic N) is 1. The van der Waals surface area contributed by atoms with E-state index in [9.17, 15) is 22.0 Å². The second-order valence-electron chi connectivity index (χ2n) is 4.59. The molecule has 0 aliphatic carbocycles. The molecule has 10 heteroatoms. The maximum Gasteiger partial charge on any atom is 0.402 e. The molecule has 1 N–H and O–H groups in total. The summed E-state index contributed by atoms with van der Waals surface area (Å²) in [7, 11) is -5.60.